The van der Waals surface area contributed by atoms with Crippen molar-refractivity contribution >= 4 is 34.4 Å². The van der Waals surface area contributed by atoms with Crippen molar-refractivity contribution in [3.05, 3.63) is 28.9 Å². The summed E-state index contributed by atoms with van der Waals surface area (Å²) in [5, 5.41) is 9.64. The van der Waals surface area contributed by atoms with E-state index in [1.807, 2.05) is 0 Å². The lowest BCUT2D eigenvalue weighted by Crippen LogP contribution is -2.06. The Morgan fingerprint density at radius 2 is 2.13 bits per heavy atom. The Hall–Kier alpha value is -1.88. The van der Waals surface area contributed by atoms with E-state index in [-0.39, 0.29) is 11.6 Å². The predicted octanol–water partition coefficient (Wildman–Crippen LogP) is 1.56. The third-order valence-electron chi connectivity index (χ3n) is 1.90. The van der Waals surface area contributed by atoms with E-state index in [9.17, 15) is 4.79 Å². The van der Waals surface area contributed by atoms with Gasteiger partial charge in [-0.2, -0.15) is 0 Å². The first kappa shape index (κ1) is 9.67. The first-order valence-electron chi connectivity index (χ1n) is 4.04. The van der Waals surface area contributed by atoms with Gasteiger partial charge >= 0.3 is 5.97 Å². The van der Waals surface area contributed by atoms with Gasteiger partial charge in [0.15, 0.2) is 5.69 Å². The molecule has 0 bridgehead atoms. The second-order valence-corrected chi connectivity index (χ2v) is 3.28. The fourth-order valence-corrected chi connectivity index (χ4v) is 1.51. The maximum Gasteiger partial charge on any atom is 0.355 e. The van der Waals surface area contributed by atoms with Crippen LogP contribution in [-0.2, 0) is 0 Å². The number of rotatable bonds is 1. The van der Waals surface area contributed by atoms with Gasteiger partial charge in [-0.1, -0.05) is 23.7 Å². The number of fused-ring (bicyclic) bond motifs is 1. The lowest BCUT2D eigenvalue weighted by atomic mass is 10.2. The van der Waals surface area contributed by atoms with Crippen molar-refractivity contribution in [3.8, 4) is 0 Å². The highest BCUT2D eigenvalue weighted by Gasteiger charge is 2.13. The van der Waals surface area contributed by atoms with Crippen molar-refractivity contribution in [3.63, 3.8) is 0 Å². The van der Waals surface area contributed by atoms with Gasteiger partial charge in [-0.25, -0.2) is 14.8 Å². The number of para-hydroxylation sites is 1. The van der Waals surface area contributed by atoms with Crippen LogP contribution in [0.25, 0.3) is 10.9 Å². The molecule has 0 aliphatic heterocycles. The summed E-state index contributed by atoms with van der Waals surface area (Å²) in [6.45, 7) is 0. The van der Waals surface area contributed by atoms with E-state index in [0.717, 1.165) is 0 Å². The van der Waals surface area contributed by atoms with Crippen LogP contribution in [0.2, 0.25) is 5.02 Å². The Kier molecular flexibility index (Phi) is 2.17. The van der Waals surface area contributed by atoms with Gasteiger partial charge < -0.3 is 10.8 Å². The molecule has 6 heteroatoms. The molecule has 1 aromatic carbocycles. The number of carboxylic acid groups (broad SMARTS) is 1. The summed E-state index contributed by atoms with van der Waals surface area (Å²) in [6, 6.07) is 4.84. The average Bonchev–Trinajstić information content (AvgIpc) is 2.18. The molecule has 0 aliphatic rings. The highest BCUT2D eigenvalue weighted by molar-refractivity contribution is 6.35. The van der Waals surface area contributed by atoms with E-state index in [2.05, 4.69) is 9.97 Å². The number of nitrogens with two attached hydrogens (primary N) is 1. The molecule has 0 saturated carbocycles. The van der Waals surface area contributed by atoms with Crippen LogP contribution in [0.5, 0.6) is 0 Å². The van der Waals surface area contributed by atoms with Crippen molar-refractivity contribution in [2.45, 2.75) is 0 Å². The summed E-state index contributed by atoms with van der Waals surface area (Å²) < 4.78 is 0. The molecule has 76 valence electrons. The molecular weight excluding hydrogens is 218 g/mol. The molecule has 0 amide bonds. The van der Waals surface area contributed by atoms with Crippen molar-refractivity contribution in [2.75, 3.05) is 5.73 Å². The molecule has 2 rings (SSSR count). The van der Waals surface area contributed by atoms with E-state index in [4.69, 9.17) is 22.4 Å². The van der Waals surface area contributed by atoms with Gasteiger partial charge in [0.1, 0.15) is 0 Å². The van der Waals surface area contributed by atoms with Gasteiger partial charge in [-0.15, -0.1) is 0 Å². The van der Waals surface area contributed by atoms with Crippen molar-refractivity contribution in [1.29, 1.82) is 0 Å². The monoisotopic (exact) mass is 223 g/mol. The fraction of sp³-hybridized carbons (Fsp3) is 0. The molecule has 2 aromatic rings. The molecule has 1 heterocycles. The molecule has 0 unspecified atom stereocenters. The Bertz CT molecular complexity index is 556. The minimum atomic E-state index is -1.16. The van der Waals surface area contributed by atoms with Crippen LogP contribution in [0.1, 0.15) is 10.5 Å². The number of aromatic nitrogens is 2. The predicted molar refractivity (Wildman–Crippen MR) is 55.9 cm³/mol. The number of benzene rings is 1. The number of nitrogens with zero attached hydrogens (tertiary/aromatic N) is 2. The summed E-state index contributed by atoms with van der Waals surface area (Å²) in [5.41, 5.74) is 5.60. The van der Waals surface area contributed by atoms with Crippen molar-refractivity contribution in [1.82, 2.24) is 9.97 Å². The second kappa shape index (κ2) is 3.36. The number of carboxylic acids is 1. The van der Waals surface area contributed by atoms with Crippen LogP contribution in [-0.4, -0.2) is 21.0 Å². The third-order valence-corrected chi connectivity index (χ3v) is 2.20. The molecule has 0 atom stereocenters. The Morgan fingerprint density at radius 1 is 1.40 bits per heavy atom. The number of carbonyl (C=O) groups is 1. The van der Waals surface area contributed by atoms with Crippen LogP contribution in [0, 0.1) is 0 Å². The smallest absolute Gasteiger partial charge is 0.355 e. The zero-order chi connectivity index (χ0) is 11.0. The largest absolute Gasteiger partial charge is 0.476 e. The highest BCUT2D eigenvalue weighted by Crippen LogP contribution is 2.23. The van der Waals surface area contributed by atoms with Gasteiger partial charge in [-0.05, 0) is 6.07 Å². The highest BCUT2D eigenvalue weighted by atomic mass is 35.5. The topological polar surface area (TPSA) is 89.1 Å². The molecule has 0 radical (unpaired) electrons. The van der Waals surface area contributed by atoms with E-state index in [0.29, 0.717) is 15.9 Å². The zero-order valence-corrected chi connectivity index (χ0v) is 8.19. The van der Waals surface area contributed by atoms with Crippen LogP contribution in [0.4, 0.5) is 5.95 Å². The Labute approximate surface area is 89.5 Å². The minimum absolute atomic E-state index is 0.104. The SMILES string of the molecule is Nc1nc(C(=O)O)c2cccc(Cl)c2n1. The zero-order valence-electron chi connectivity index (χ0n) is 7.44. The van der Waals surface area contributed by atoms with Gasteiger partial charge in [-0.3, -0.25) is 0 Å². The molecule has 0 fully saturated rings. The molecule has 3 N–H and O–H groups in total. The average molecular weight is 224 g/mol. The van der Waals surface area contributed by atoms with Crippen LogP contribution in [0.15, 0.2) is 18.2 Å². The summed E-state index contributed by atoms with van der Waals surface area (Å²) >= 11 is 5.87. The van der Waals surface area contributed by atoms with Gasteiger partial charge in [0.25, 0.3) is 0 Å². The maximum atomic E-state index is 10.9. The normalized spacial score (nSPS) is 10.5. The van der Waals surface area contributed by atoms with Gasteiger partial charge in [0, 0.05) is 5.39 Å². The minimum Gasteiger partial charge on any atom is -0.476 e. The van der Waals surface area contributed by atoms with Gasteiger partial charge in [0.2, 0.25) is 5.95 Å². The summed E-state index contributed by atoms with van der Waals surface area (Å²) in [6.07, 6.45) is 0. The second-order valence-electron chi connectivity index (χ2n) is 2.87. The molecule has 0 saturated heterocycles. The quantitative estimate of drug-likeness (QED) is 0.766. The number of hydrogen-bond donors (Lipinski definition) is 2. The summed E-state index contributed by atoms with van der Waals surface area (Å²) in [4.78, 5) is 18.4. The third kappa shape index (κ3) is 1.57. The Balaban J connectivity index is 2.92. The standard InChI is InChI=1S/C9H6ClN3O2/c10-5-3-1-2-4-6(5)12-9(11)13-7(4)8(14)15/h1-3H,(H,14,15)(H2,11,12,13). The fourth-order valence-electron chi connectivity index (χ4n) is 1.30. The molecule has 1 aromatic heterocycles. The van der Waals surface area contributed by atoms with Crippen LogP contribution < -0.4 is 5.73 Å². The molecule has 15 heavy (non-hydrogen) atoms. The van der Waals surface area contributed by atoms with Gasteiger partial charge in [0.05, 0.1) is 10.5 Å². The number of anilines is 1. The van der Waals surface area contributed by atoms with E-state index < -0.39 is 5.97 Å². The number of hydrogen-bond acceptors (Lipinski definition) is 4. The lowest BCUT2D eigenvalue weighted by Gasteiger charge is -2.03. The van der Waals surface area contributed by atoms with E-state index in [1.54, 1.807) is 18.2 Å². The van der Waals surface area contributed by atoms with E-state index >= 15 is 0 Å². The summed E-state index contributed by atoms with van der Waals surface area (Å²) in [7, 11) is 0. The van der Waals surface area contributed by atoms with Crippen molar-refractivity contribution in [2.24, 2.45) is 0 Å². The first-order valence-corrected chi connectivity index (χ1v) is 4.42. The first-order chi connectivity index (χ1) is 7.09. The van der Waals surface area contributed by atoms with Crippen LogP contribution in [0.3, 0.4) is 0 Å². The molecule has 0 aliphatic carbocycles. The Morgan fingerprint density at radius 3 is 2.80 bits per heavy atom. The maximum absolute atomic E-state index is 10.9. The van der Waals surface area contributed by atoms with E-state index in [1.165, 1.54) is 0 Å². The van der Waals surface area contributed by atoms with Crippen molar-refractivity contribution < 1.29 is 9.90 Å². The lowest BCUT2D eigenvalue weighted by molar-refractivity contribution is 0.0693. The number of halogens is 1. The number of aromatic carboxylic acids is 1. The van der Waals surface area contributed by atoms with Crippen LogP contribution >= 0.6 is 11.6 Å². The molecule has 0 spiro atoms. The number of nitrogen functional groups attached to an aromatic ring is 1. The summed E-state index contributed by atoms with van der Waals surface area (Å²) in [5.74, 6) is -1.26. The molecular formula is C9H6ClN3O2. The molecule has 5 nitrogen and oxygen atoms in total.